The Bertz CT molecular complexity index is 1640. The summed E-state index contributed by atoms with van der Waals surface area (Å²) in [5.74, 6) is -0.229. The van der Waals surface area contributed by atoms with Crippen LogP contribution in [-0.2, 0) is 4.79 Å². The Morgan fingerprint density at radius 2 is 1.61 bits per heavy atom. The van der Waals surface area contributed by atoms with Crippen LogP contribution in [0, 0.1) is 0 Å². The number of nitrogens with one attached hydrogen (secondary N) is 1. The molecule has 2 unspecified atom stereocenters. The van der Waals surface area contributed by atoms with Gasteiger partial charge in [-0.25, -0.2) is 0 Å². The van der Waals surface area contributed by atoms with Crippen molar-refractivity contribution in [2.75, 3.05) is 0 Å². The molecule has 0 saturated carbocycles. The number of hydrogen-bond acceptors (Lipinski definition) is 5. The van der Waals surface area contributed by atoms with Crippen molar-refractivity contribution in [2.45, 2.75) is 23.0 Å². The Hall–Kier alpha value is -3.07. The van der Waals surface area contributed by atoms with E-state index in [2.05, 4.69) is 5.32 Å². The first-order valence-corrected chi connectivity index (χ1v) is 14.9. The zero-order chi connectivity index (χ0) is 29.1. The summed E-state index contributed by atoms with van der Waals surface area (Å²) < 4.78 is 4.44. The number of thioether (sulfide) groups is 1. The van der Waals surface area contributed by atoms with E-state index >= 15 is 0 Å². The van der Waals surface area contributed by atoms with Crippen LogP contribution in [0.15, 0.2) is 102 Å². The molecule has 0 aliphatic carbocycles. The summed E-state index contributed by atoms with van der Waals surface area (Å²) in [5.41, 5.74) is 2.19. The number of hydrogen-bond donors (Lipinski definition) is 1. The molecule has 5 rings (SSSR count). The summed E-state index contributed by atoms with van der Waals surface area (Å²) in [7, 11) is 0. The van der Waals surface area contributed by atoms with Crippen molar-refractivity contribution in [1.29, 1.82) is 0 Å². The van der Waals surface area contributed by atoms with Crippen molar-refractivity contribution in [3.05, 3.63) is 119 Å². The smallest absolute Gasteiger partial charge is 0.266 e. The topological polar surface area (TPSA) is 58.6 Å². The van der Waals surface area contributed by atoms with Crippen LogP contribution in [0.5, 0.6) is 5.75 Å². The van der Waals surface area contributed by atoms with E-state index in [9.17, 15) is 9.59 Å². The van der Waals surface area contributed by atoms with Crippen LogP contribution in [0.3, 0.4) is 0 Å². The summed E-state index contributed by atoms with van der Waals surface area (Å²) in [6.45, 7) is 1.95. The first-order chi connectivity index (χ1) is 19.6. The lowest BCUT2D eigenvalue weighted by Gasteiger charge is -2.26. The van der Waals surface area contributed by atoms with Crippen LogP contribution in [0.1, 0.15) is 34.5 Å². The molecule has 2 atom stereocenters. The number of nitrogens with zero attached hydrogens (tertiary/aromatic N) is 1. The average Bonchev–Trinajstić information content (AvgIpc) is 3.24. The maximum absolute atomic E-state index is 13.2. The van der Waals surface area contributed by atoms with Crippen molar-refractivity contribution >= 4 is 91.8 Å². The van der Waals surface area contributed by atoms with E-state index < -0.39 is 15.9 Å². The number of benzene rings is 4. The van der Waals surface area contributed by atoms with Crippen molar-refractivity contribution in [1.82, 2.24) is 10.2 Å². The molecule has 1 fully saturated rings. The molecule has 0 radical (unpaired) electrons. The molecular weight excluding hydrogens is 619 g/mol. The maximum atomic E-state index is 13.2. The third kappa shape index (κ3) is 6.71. The lowest BCUT2D eigenvalue weighted by Crippen LogP contribution is -2.47. The number of carbonyl (C=O) groups is 2. The van der Waals surface area contributed by atoms with Crippen molar-refractivity contribution in [3.8, 4) is 5.75 Å². The molecule has 41 heavy (non-hydrogen) atoms. The molecular formula is C31H23Cl3N2O3S2. The molecule has 1 aliphatic heterocycles. The van der Waals surface area contributed by atoms with Gasteiger partial charge >= 0.3 is 0 Å². The number of ether oxygens (including phenoxy) is 1. The van der Waals surface area contributed by atoms with Gasteiger partial charge < -0.3 is 10.1 Å². The third-order valence-electron chi connectivity index (χ3n) is 6.52. The first kappa shape index (κ1) is 29.4. The molecule has 4 aromatic rings. The Kier molecular flexibility index (Phi) is 8.92. The SMILES string of the molecule is CC(c1ccccc1)N1C(=O)C(=Cc2ccc(OC(NC(=O)c3cccc4ccccc34)C(Cl)(Cl)Cl)cc2)SC1=S. The summed E-state index contributed by atoms with van der Waals surface area (Å²) in [6.07, 6.45) is 0.496. The minimum atomic E-state index is -1.96. The second-order valence-corrected chi connectivity index (χ2v) is 13.3. The lowest BCUT2D eigenvalue weighted by molar-refractivity contribution is -0.123. The molecule has 0 aromatic heterocycles. The van der Waals surface area contributed by atoms with Gasteiger partial charge in [0.05, 0.1) is 10.9 Å². The highest BCUT2D eigenvalue weighted by molar-refractivity contribution is 8.26. The largest absolute Gasteiger partial charge is 0.466 e. The first-order valence-electron chi connectivity index (χ1n) is 12.6. The van der Waals surface area contributed by atoms with Crippen LogP contribution in [0.25, 0.3) is 16.8 Å². The molecule has 0 spiro atoms. The van der Waals surface area contributed by atoms with Gasteiger partial charge in [0.25, 0.3) is 11.8 Å². The normalized spacial score (nSPS) is 16.2. The fourth-order valence-corrected chi connectivity index (χ4v) is 6.14. The van der Waals surface area contributed by atoms with Gasteiger partial charge in [-0.3, -0.25) is 14.5 Å². The summed E-state index contributed by atoms with van der Waals surface area (Å²) >= 11 is 25.3. The Balaban J connectivity index is 1.30. The van der Waals surface area contributed by atoms with Gasteiger partial charge in [-0.1, -0.05) is 138 Å². The molecule has 208 valence electrons. The molecule has 10 heteroatoms. The van der Waals surface area contributed by atoms with Gasteiger partial charge in [0.2, 0.25) is 10.0 Å². The average molecular weight is 642 g/mol. The molecule has 2 amide bonds. The van der Waals surface area contributed by atoms with Crippen LogP contribution in [0.4, 0.5) is 0 Å². The molecule has 1 heterocycles. The van der Waals surface area contributed by atoms with Crippen molar-refractivity contribution in [2.24, 2.45) is 0 Å². The number of amides is 2. The van der Waals surface area contributed by atoms with Gasteiger partial charge in [0.15, 0.2) is 0 Å². The highest BCUT2D eigenvalue weighted by Gasteiger charge is 2.37. The molecule has 1 aliphatic rings. The van der Waals surface area contributed by atoms with Crippen molar-refractivity contribution in [3.63, 3.8) is 0 Å². The van der Waals surface area contributed by atoms with Crippen LogP contribution >= 0.6 is 58.8 Å². The minimum absolute atomic E-state index is 0.149. The number of thiocarbonyl (C=S) groups is 1. The van der Waals surface area contributed by atoms with E-state index in [0.717, 1.165) is 21.9 Å². The van der Waals surface area contributed by atoms with E-state index in [4.69, 9.17) is 51.8 Å². The van der Waals surface area contributed by atoms with Gasteiger partial charge in [-0.05, 0) is 53.1 Å². The number of carbonyl (C=O) groups excluding carboxylic acids is 2. The van der Waals surface area contributed by atoms with Gasteiger partial charge in [-0.15, -0.1) is 0 Å². The number of alkyl halides is 3. The van der Waals surface area contributed by atoms with Crippen LogP contribution in [0.2, 0.25) is 0 Å². The second kappa shape index (κ2) is 12.4. The summed E-state index contributed by atoms with van der Waals surface area (Å²) in [4.78, 5) is 28.5. The quantitative estimate of drug-likeness (QED) is 0.0952. The van der Waals surface area contributed by atoms with E-state index in [1.54, 1.807) is 47.4 Å². The van der Waals surface area contributed by atoms with Gasteiger partial charge in [0, 0.05) is 5.56 Å². The molecule has 1 saturated heterocycles. The highest BCUT2D eigenvalue weighted by Crippen LogP contribution is 2.38. The van der Waals surface area contributed by atoms with Crippen LogP contribution < -0.4 is 10.1 Å². The standard InChI is InChI=1S/C31H23Cl3N2O3S2/c1-19(21-8-3-2-4-9-21)36-28(38)26(41-30(36)40)18-20-14-16-23(17-15-20)39-29(31(32,33)34)35-27(37)25-13-7-11-22-10-5-6-12-24(22)25/h2-19,29H,1H3,(H,35,37). The van der Waals surface area contributed by atoms with Crippen molar-refractivity contribution < 1.29 is 14.3 Å². The zero-order valence-corrected chi connectivity index (χ0v) is 25.5. The van der Waals surface area contributed by atoms with E-state index in [-0.39, 0.29) is 11.9 Å². The van der Waals surface area contributed by atoms with E-state index in [1.807, 2.05) is 67.6 Å². The van der Waals surface area contributed by atoms with Gasteiger partial charge in [-0.2, -0.15) is 0 Å². The Labute approximate surface area is 262 Å². The second-order valence-electron chi connectivity index (χ2n) is 9.25. The minimum Gasteiger partial charge on any atom is -0.466 e. The molecule has 4 aromatic carbocycles. The molecule has 0 bridgehead atoms. The third-order valence-corrected chi connectivity index (χ3v) is 8.44. The van der Waals surface area contributed by atoms with E-state index in [0.29, 0.717) is 20.5 Å². The number of rotatable bonds is 7. The Morgan fingerprint density at radius 1 is 0.951 bits per heavy atom. The molecule has 1 N–H and O–H groups in total. The fraction of sp³-hybridized carbons (Fsp3) is 0.129. The lowest BCUT2D eigenvalue weighted by atomic mass is 10.0. The summed E-state index contributed by atoms with van der Waals surface area (Å²) in [6, 6.07) is 29.4. The number of halogens is 3. The fourth-order valence-electron chi connectivity index (χ4n) is 4.42. The van der Waals surface area contributed by atoms with E-state index in [1.165, 1.54) is 11.8 Å². The zero-order valence-electron chi connectivity index (χ0n) is 21.6. The number of fused-ring (bicyclic) bond motifs is 1. The summed E-state index contributed by atoms with van der Waals surface area (Å²) in [5, 5.41) is 4.37. The van der Waals surface area contributed by atoms with Gasteiger partial charge in [0.1, 0.15) is 10.1 Å². The Morgan fingerprint density at radius 3 is 2.32 bits per heavy atom. The molecule has 5 nitrogen and oxygen atoms in total. The van der Waals surface area contributed by atoms with Crippen LogP contribution in [-0.4, -0.2) is 31.1 Å². The predicted octanol–water partition coefficient (Wildman–Crippen LogP) is 8.31. The predicted molar refractivity (Wildman–Crippen MR) is 172 cm³/mol. The monoisotopic (exact) mass is 640 g/mol. The highest BCUT2D eigenvalue weighted by atomic mass is 35.6. The maximum Gasteiger partial charge on any atom is 0.266 e.